The molecular formula is C20H23F2N7O. The van der Waals surface area contributed by atoms with Gasteiger partial charge in [0.1, 0.15) is 11.6 Å². The minimum atomic E-state index is -2.73. The number of para-hydroxylation sites is 2. The molecule has 0 unspecified atom stereocenters. The Morgan fingerprint density at radius 3 is 2.67 bits per heavy atom. The van der Waals surface area contributed by atoms with Gasteiger partial charge in [-0.25, -0.2) is 13.8 Å². The number of hydrogen-bond donors (Lipinski definition) is 2. The summed E-state index contributed by atoms with van der Waals surface area (Å²) in [7, 11) is 0. The molecular weight excluding hydrogens is 392 g/mol. The third-order valence-corrected chi connectivity index (χ3v) is 5.44. The van der Waals surface area contributed by atoms with Gasteiger partial charge < -0.3 is 20.3 Å². The van der Waals surface area contributed by atoms with Crippen LogP contribution in [0.3, 0.4) is 0 Å². The molecule has 2 saturated heterocycles. The monoisotopic (exact) mass is 415 g/mol. The van der Waals surface area contributed by atoms with Gasteiger partial charge in [-0.05, 0) is 25.1 Å². The fraction of sp³-hybridized carbons (Fsp3) is 0.450. The van der Waals surface area contributed by atoms with Gasteiger partial charge in [0.05, 0.1) is 24.2 Å². The summed E-state index contributed by atoms with van der Waals surface area (Å²) < 4.78 is 34.6. The fourth-order valence-corrected chi connectivity index (χ4v) is 3.95. The van der Waals surface area contributed by atoms with Gasteiger partial charge in [-0.15, -0.1) is 0 Å². The summed E-state index contributed by atoms with van der Waals surface area (Å²) in [4.78, 5) is 15.5. The van der Waals surface area contributed by atoms with E-state index in [-0.39, 0.29) is 11.9 Å². The first kappa shape index (κ1) is 19.1. The van der Waals surface area contributed by atoms with Gasteiger partial charge >= 0.3 is 0 Å². The van der Waals surface area contributed by atoms with Crippen molar-refractivity contribution in [3.05, 3.63) is 36.2 Å². The lowest BCUT2D eigenvalue weighted by Crippen LogP contribution is -2.37. The lowest BCUT2D eigenvalue weighted by atomic mass is 10.3. The topological polar surface area (TPSA) is 80.1 Å². The summed E-state index contributed by atoms with van der Waals surface area (Å²) >= 11 is 0. The number of hydrogen-bond acceptors (Lipinski definition) is 7. The molecule has 0 saturated carbocycles. The van der Waals surface area contributed by atoms with E-state index in [1.807, 2.05) is 6.07 Å². The summed E-state index contributed by atoms with van der Waals surface area (Å²) in [5, 5.41) is 6.66. The van der Waals surface area contributed by atoms with Gasteiger partial charge in [0.2, 0.25) is 5.95 Å². The number of morpholine rings is 1. The van der Waals surface area contributed by atoms with Crippen molar-refractivity contribution in [1.29, 1.82) is 0 Å². The zero-order chi connectivity index (χ0) is 20.5. The lowest BCUT2D eigenvalue weighted by Gasteiger charge is -2.28. The summed E-state index contributed by atoms with van der Waals surface area (Å²) in [5.74, 6) is 1.18. The molecule has 0 bridgehead atoms. The van der Waals surface area contributed by atoms with Gasteiger partial charge in [-0.3, -0.25) is 4.57 Å². The van der Waals surface area contributed by atoms with Crippen LogP contribution in [0, 0.1) is 0 Å². The number of anilines is 2. The Labute approximate surface area is 172 Å². The highest BCUT2D eigenvalue weighted by Gasteiger charge is 2.24. The molecule has 1 atom stereocenters. The Morgan fingerprint density at radius 1 is 1.10 bits per heavy atom. The molecule has 30 heavy (non-hydrogen) atoms. The molecule has 5 rings (SSSR count). The molecule has 1 aromatic carbocycles. The van der Waals surface area contributed by atoms with Crippen molar-refractivity contribution in [3.63, 3.8) is 0 Å². The van der Waals surface area contributed by atoms with Crippen LogP contribution in [0.4, 0.5) is 20.5 Å². The molecule has 0 radical (unpaired) electrons. The standard InChI is InChI=1S/C20H23F2N7O/c21-18(22)19-25-14-3-1-2-4-15(14)29(19)17-11-16(28-7-9-30-10-8-28)26-20(27-17)24-13-5-6-23-12-13/h1-4,11,13,18,23H,5-10,12H2,(H,24,26,27)/t13-/m1/s1. The fourth-order valence-electron chi connectivity index (χ4n) is 3.95. The van der Waals surface area contributed by atoms with E-state index in [0.29, 0.717) is 54.9 Å². The van der Waals surface area contributed by atoms with E-state index in [9.17, 15) is 8.78 Å². The van der Waals surface area contributed by atoms with Crippen LogP contribution in [0.2, 0.25) is 0 Å². The molecule has 2 aliphatic heterocycles. The van der Waals surface area contributed by atoms with E-state index in [4.69, 9.17) is 4.74 Å². The van der Waals surface area contributed by atoms with Crippen molar-refractivity contribution >= 4 is 22.8 Å². The summed E-state index contributed by atoms with van der Waals surface area (Å²) in [6.45, 7) is 4.32. The van der Waals surface area contributed by atoms with Crippen LogP contribution < -0.4 is 15.5 Å². The third-order valence-electron chi connectivity index (χ3n) is 5.44. The van der Waals surface area contributed by atoms with Crippen molar-refractivity contribution in [2.75, 3.05) is 49.6 Å². The number of imidazole rings is 1. The number of benzene rings is 1. The second-order valence-electron chi connectivity index (χ2n) is 7.44. The molecule has 0 spiro atoms. The number of ether oxygens (including phenoxy) is 1. The smallest absolute Gasteiger partial charge is 0.296 e. The van der Waals surface area contributed by atoms with Crippen molar-refractivity contribution in [2.45, 2.75) is 18.9 Å². The SMILES string of the molecule is FC(F)c1nc2ccccc2n1-c1cc(N2CCOCC2)nc(N[C@@H]2CCNC2)n1. The summed E-state index contributed by atoms with van der Waals surface area (Å²) in [5.41, 5.74) is 1.10. The summed E-state index contributed by atoms with van der Waals surface area (Å²) in [6.07, 6.45) is -1.77. The van der Waals surface area contributed by atoms with Crippen LogP contribution in [-0.2, 0) is 4.74 Å². The zero-order valence-corrected chi connectivity index (χ0v) is 16.4. The largest absolute Gasteiger partial charge is 0.378 e. The molecule has 158 valence electrons. The Bertz CT molecular complexity index is 1030. The Morgan fingerprint density at radius 2 is 1.90 bits per heavy atom. The van der Waals surface area contributed by atoms with Crippen LogP contribution in [0.1, 0.15) is 18.7 Å². The molecule has 2 fully saturated rings. The molecule has 4 heterocycles. The number of alkyl halides is 2. The van der Waals surface area contributed by atoms with E-state index in [0.717, 1.165) is 19.5 Å². The first-order valence-electron chi connectivity index (χ1n) is 10.1. The van der Waals surface area contributed by atoms with Crippen molar-refractivity contribution in [1.82, 2.24) is 24.8 Å². The first-order valence-corrected chi connectivity index (χ1v) is 10.1. The Hall–Kier alpha value is -2.85. The van der Waals surface area contributed by atoms with Crippen LogP contribution >= 0.6 is 0 Å². The van der Waals surface area contributed by atoms with E-state index in [1.54, 1.807) is 24.3 Å². The average molecular weight is 415 g/mol. The average Bonchev–Trinajstić information content (AvgIpc) is 3.42. The predicted octanol–water partition coefficient (Wildman–Crippen LogP) is 2.36. The Kier molecular flexibility index (Phi) is 5.17. The minimum absolute atomic E-state index is 0.201. The number of rotatable bonds is 5. The van der Waals surface area contributed by atoms with Crippen molar-refractivity contribution in [2.24, 2.45) is 0 Å². The second-order valence-corrected chi connectivity index (χ2v) is 7.44. The first-order chi connectivity index (χ1) is 14.7. The number of nitrogens with one attached hydrogen (secondary N) is 2. The normalized spacial score (nSPS) is 19.7. The van der Waals surface area contributed by atoms with Gasteiger partial charge in [0, 0.05) is 31.7 Å². The van der Waals surface area contributed by atoms with Gasteiger partial charge in [-0.2, -0.15) is 9.97 Å². The highest BCUT2D eigenvalue weighted by atomic mass is 19.3. The third kappa shape index (κ3) is 3.68. The molecule has 2 N–H and O–H groups in total. The molecule has 10 heteroatoms. The molecule has 3 aromatic rings. The van der Waals surface area contributed by atoms with E-state index in [1.165, 1.54) is 4.57 Å². The quantitative estimate of drug-likeness (QED) is 0.662. The molecule has 0 amide bonds. The van der Waals surface area contributed by atoms with Crippen LogP contribution in [-0.4, -0.2) is 65.0 Å². The van der Waals surface area contributed by atoms with Crippen LogP contribution in [0.5, 0.6) is 0 Å². The highest BCUT2D eigenvalue weighted by Crippen LogP contribution is 2.29. The molecule has 2 aromatic heterocycles. The maximum absolute atomic E-state index is 13.9. The van der Waals surface area contributed by atoms with Gasteiger partial charge in [-0.1, -0.05) is 12.1 Å². The molecule has 8 nitrogen and oxygen atoms in total. The van der Waals surface area contributed by atoms with Crippen molar-refractivity contribution < 1.29 is 13.5 Å². The van der Waals surface area contributed by atoms with Gasteiger partial charge in [0.15, 0.2) is 5.82 Å². The molecule has 0 aliphatic carbocycles. The van der Waals surface area contributed by atoms with E-state index < -0.39 is 6.43 Å². The Balaban J connectivity index is 1.63. The zero-order valence-electron chi connectivity index (χ0n) is 16.4. The highest BCUT2D eigenvalue weighted by molar-refractivity contribution is 5.78. The maximum Gasteiger partial charge on any atom is 0.296 e. The number of aromatic nitrogens is 4. The maximum atomic E-state index is 13.9. The number of fused-ring (bicyclic) bond motifs is 1. The second kappa shape index (κ2) is 8.11. The number of halogens is 2. The van der Waals surface area contributed by atoms with E-state index >= 15 is 0 Å². The number of nitrogens with zero attached hydrogens (tertiary/aromatic N) is 5. The minimum Gasteiger partial charge on any atom is -0.378 e. The molecule has 2 aliphatic rings. The lowest BCUT2D eigenvalue weighted by molar-refractivity contribution is 0.122. The van der Waals surface area contributed by atoms with Crippen LogP contribution in [0.15, 0.2) is 30.3 Å². The van der Waals surface area contributed by atoms with Gasteiger partial charge in [0.25, 0.3) is 6.43 Å². The summed E-state index contributed by atoms with van der Waals surface area (Å²) in [6, 6.07) is 9.05. The van der Waals surface area contributed by atoms with E-state index in [2.05, 4.69) is 30.5 Å². The van der Waals surface area contributed by atoms with Crippen LogP contribution in [0.25, 0.3) is 16.9 Å². The van der Waals surface area contributed by atoms with Crippen molar-refractivity contribution in [3.8, 4) is 5.82 Å². The predicted molar refractivity (Wildman–Crippen MR) is 110 cm³/mol.